The maximum atomic E-state index is 12.5. The number of imidazole rings is 1. The molecule has 62 valence electrons. The predicted octanol–water partition coefficient (Wildman–Crippen LogP) is 0.837. The third-order valence-electron chi connectivity index (χ3n) is 1.32. The number of rotatable bonds is 0. The summed E-state index contributed by atoms with van der Waals surface area (Å²) in [6.45, 7) is 0. The van der Waals surface area contributed by atoms with Crippen LogP contribution in [0.15, 0.2) is 4.73 Å². The number of hydrogen-bond donors (Lipinski definition) is 2. The summed E-state index contributed by atoms with van der Waals surface area (Å²) in [5.41, 5.74) is 6.02. The first-order valence-electron chi connectivity index (χ1n) is 3.01. The molecule has 2 heterocycles. The minimum atomic E-state index is -0.865. The lowest BCUT2D eigenvalue weighted by Gasteiger charge is -1.91. The van der Waals surface area contributed by atoms with Crippen molar-refractivity contribution in [3.8, 4) is 0 Å². The van der Waals surface area contributed by atoms with Crippen molar-refractivity contribution in [3.05, 3.63) is 10.8 Å². The number of nitrogen functional groups attached to an aromatic ring is 1. The molecule has 0 atom stereocenters. The third kappa shape index (κ3) is 1.02. The number of fused-ring (bicyclic) bond motifs is 1. The van der Waals surface area contributed by atoms with E-state index in [-0.39, 0.29) is 11.5 Å². The van der Waals surface area contributed by atoms with Gasteiger partial charge in [0, 0.05) is 0 Å². The normalized spacial score (nSPS) is 10.8. The van der Waals surface area contributed by atoms with Gasteiger partial charge >= 0.3 is 6.08 Å². The number of aromatic nitrogens is 4. The quantitative estimate of drug-likeness (QED) is 0.520. The Bertz CT molecular complexity index is 439. The van der Waals surface area contributed by atoms with Gasteiger partial charge in [0.1, 0.15) is 0 Å². The van der Waals surface area contributed by atoms with E-state index in [1.807, 2.05) is 0 Å². The Morgan fingerprint density at radius 2 is 2.08 bits per heavy atom. The first-order valence-corrected chi connectivity index (χ1v) is 3.80. The first-order chi connectivity index (χ1) is 5.66. The van der Waals surface area contributed by atoms with Crippen LogP contribution in [0.5, 0.6) is 0 Å². The Morgan fingerprint density at radius 1 is 1.33 bits per heavy atom. The Kier molecular flexibility index (Phi) is 1.47. The highest BCUT2D eigenvalue weighted by Gasteiger charge is 2.08. The molecule has 0 aliphatic heterocycles. The minimum absolute atomic E-state index is 0.0273. The molecular weight excluding hydrogens is 229 g/mol. The molecule has 0 aliphatic carbocycles. The highest BCUT2D eigenvalue weighted by molar-refractivity contribution is 9.10. The van der Waals surface area contributed by atoms with Crippen LogP contribution in [0.3, 0.4) is 0 Å². The molecule has 2 rings (SSSR count). The van der Waals surface area contributed by atoms with E-state index in [0.29, 0.717) is 10.3 Å². The molecular formula is C5H3BrFN5. The van der Waals surface area contributed by atoms with Crippen molar-refractivity contribution in [3.63, 3.8) is 0 Å². The average molecular weight is 232 g/mol. The minimum Gasteiger partial charge on any atom is -0.382 e. The second-order valence-electron chi connectivity index (χ2n) is 2.10. The molecule has 0 bridgehead atoms. The third-order valence-corrected chi connectivity index (χ3v) is 1.69. The zero-order valence-electron chi connectivity index (χ0n) is 5.67. The van der Waals surface area contributed by atoms with Crippen molar-refractivity contribution in [2.24, 2.45) is 0 Å². The molecule has 2 aromatic rings. The maximum absolute atomic E-state index is 12.5. The molecule has 0 fully saturated rings. The van der Waals surface area contributed by atoms with Gasteiger partial charge in [-0.2, -0.15) is 14.4 Å². The fraction of sp³-hybridized carbons (Fsp3) is 0. The number of nitrogens with zero attached hydrogens (tertiary/aromatic N) is 3. The second kappa shape index (κ2) is 2.37. The summed E-state index contributed by atoms with van der Waals surface area (Å²) >= 11 is 3.07. The van der Waals surface area contributed by atoms with Crippen LogP contribution in [-0.2, 0) is 0 Å². The summed E-state index contributed by atoms with van der Waals surface area (Å²) in [4.78, 5) is 13.3. The lowest BCUT2D eigenvalue weighted by molar-refractivity contribution is 0.545. The fourth-order valence-corrected chi connectivity index (χ4v) is 1.23. The SMILES string of the molecule is Nc1nc(F)nc2[nH]c(Br)nc12. The van der Waals surface area contributed by atoms with Gasteiger partial charge in [-0.05, 0) is 15.9 Å². The zero-order chi connectivity index (χ0) is 8.72. The van der Waals surface area contributed by atoms with Gasteiger partial charge in [0.25, 0.3) is 0 Å². The van der Waals surface area contributed by atoms with Crippen LogP contribution >= 0.6 is 15.9 Å². The Morgan fingerprint density at radius 3 is 2.83 bits per heavy atom. The van der Waals surface area contributed by atoms with Crippen molar-refractivity contribution in [2.45, 2.75) is 0 Å². The Hall–Kier alpha value is -1.24. The summed E-state index contributed by atoms with van der Waals surface area (Å²) in [5.74, 6) is 0.0273. The summed E-state index contributed by atoms with van der Waals surface area (Å²) in [5, 5.41) is 0. The van der Waals surface area contributed by atoms with E-state index in [9.17, 15) is 4.39 Å². The number of nitrogens with one attached hydrogen (secondary N) is 1. The molecule has 5 nitrogen and oxygen atoms in total. The van der Waals surface area contributed by atoms with E-state index < -0.39 is 6.08 Å². The topological polar surface area (TPSA) is 80.5 Å². The molecule has 0 unspecified atom stereocenters. The molecule has 0 saturated carbocycles. The van der Waals surface area contributed by atoms with Crippen LogP contribution < -0.4 is 5.73 Å². The molecule has 12 heavy (non-hydrogen) atoms. The number of halogens is 2. The summed E-state index contributed by atoms with van der Waals surface area (Å²) in [7, 11) is 0. The van der Waals surface area contributed by atoms with Gasteiger partial charge in [-0.15, -0.1) is 0 Å². The maximum Gasteiger partial charge on any atom is 0.312 e. The van der Waals surface area contributed by atoms with Gasteiger partial charge in [-0.3, -0.25) is 0 Å². The lowest BCUT2D eigenvalue weighted by atomic mass is 10.5. The smallest absolute Gasteiger partial charge is 0.312 e. The van der Waals surface area contributed by atoms with Gasteiger partial charge in [0.2, 0.25) is 0 Å². The van der Waals surface area contributed by atoms with Gasteiger partial charge in [0.15, 0.2) is 21.7 Å². The molecule has 7 heteroatoms. The second-order valence-corrected chi connectivity index (χ2v) is 2.85. The average Bonchev–Trinajstić information content (AvgIpc) is 2.29. The molecule has 3 N–H and O–H groups in total. The molecule has 0 saturated heterocycles. The van der Waals surface area contributed by atoms with Crippen molar-refractivity contribution in [2.75, 3.05) is 5.73 Å². The van der Waals surface area contributed by atoms with Crippen LogP contribution in [0.2, 0.25) is 0 Å². The molecule has 0 aromatic carbocycles. The molecule has 0 amide bonds. The number of aromatic amines is 1. The van der Waals surface area contributed by atoms with Crippen LogP contribution in [0.25, 0.3) is 11.2 Å². The zero-order valence-corrected chi connectivity index (χ0v) is 7.26. The van der Waals surface area contributed by atoms with Crippen LogP contribution in [-0.4, -0.2) is 19.9 Å². The monoisotopic (exact) mass is 231 g/mol. The first kappa shape index (κ1) is 7.41. The van der Waals surface area contributed by atoms with E-state index in [4.69, 9.17) is 5.73 Å². The fourth-order valence-electron chi connectivity index (χ4n) is 0.865. The van der Waals surface area contributed by atoms with Gasteiger partial charge < -0.3 is 10.7 Å². The highest BCUT2D eigenvalue weighted by Crippen LogP contribution is 2.16. The van der Waals surface area contributed by atoms with Gasteiger partial charge in [0.05, 0.1) is 0 Å². The van der Waals surface area contributed by atoms with Crippen molar-refractivity contribution in [1.29, 1.82) is 0 Å². The molecule has 0 aliphatic rings. The van der Waals surface area contributed by atoms with E-state index in [1.165, 1.54) is 0 Å². The Balaban J connectivity index is 2.88. The van der Waals surface area contributed by atoms with E-state index in [1.54, 1.807) is 0 Å². The summed E-state index contributed by atoms with van der Waals surface area (Å²) in [6, 6.07) is 0. The van der Waals surface area contributed by atoms with Crippen molar-refractivity contribution < 1.29 is 4.39 Å². The number of nitrogens with two attached hydrogens (primary N) is 1. The van der Waals surface area contributed by atoms with E-state index in [0.717, 1.165) is 0 Å². The predicted molar refractivity (Wildman–Crippen MR) is 43.8 cm³/mol. The van der Waals surface area contributed by atoms with Gasteiger partial charge in [-0.1, -0.05) is 0 Å². The van der Waals surface area contributed by atoms with Crippen LogP contribution in [0.4, 0.5) is 10.2 Å². The van der Waals surface area contributed by atoms with Crippen molar-refractivity contribution >= 4 is 32.9 Å². The standard InChI is InChI=1S/C5H3BrFN5/c6-4-9-1-2(8)10-5(7)12-3(1)11-4/h(H3,8,9,10,11,12). The van der Waals surface area contributed by atoms with Gasteiger partial charge in [-0.25, -0.2) is 4.98 Å². The highest BCUT2D eigenvalue weighted by atomic mass is 79.9. The van der Waals surface area contributed by atoms with Crippen LogP contribution in [0.1, 0.15) is 0 Å². The Labute approximate surface area is 74.4 Å². The van der Waals surface area contributed by atoms with E-state index >= 15 is 0 Å². The molecule has 0 radical (unpaired) electrons. The summed E-state index contributed by atoms with van der Waals surface area (Å²) < 4.78 is 13.0. The van der Waals surface area contributed by atoms with Crippen molar-refractivity contribution in [1.82, 2.24) is 19.9 Å². The van der Waals surface area contributed by atoms with E-state index in [2.05, 4.69) is 35.9 Å². The molecule has 2 aromatic heterocycles. The number of anilines is 1. The molecule has 0 spiro atoms. The van der Waals surface area contributed by atoms with Crippen LogP contribution in [0, 0.1) is 6.08 Å². The largest absolute Gasteiger partial charge is 0.382 e. The summed E-state index contributed by atoms with van der Waals surface area (Å²) in [6.07, 6.45) is -0.865. The lowest BCUT2D eigenvalue weighted by Crippen LogP contribution is -1.97. The number of H-pyrrole nitrogens is 1. The number of hydrogen-bond acceptors (Lipinski definition) is 4.